The van der Waals surface area contributed by atoms with Gasteiger partial charge in [-0.15, -0.1) is 0 Å². The zero-order chi connectivity index (χ0) is 13.7. The molecule has 0 amide bonds. The van der Waals surface area contributed by atoms with Gasteiger partial charge in [0.2, 0.25) is 6.54 Å². The number of benzene rings is 1. The van der Waals surface area contributed by atoms with Crippen LogP contribution in [0.2, 0.25) is 0 Å². The van der Waals surface area contributed by atoms with Crippen molar-refractivity contribution in [1.82, 2.24) is 0 Å². The van der Waals surface area contributed by atoms with E-state index in [9.17, 15) is 4.79 Å². The normalized spacial score (nSPS) is 10.8. The molecule has 0 fully saturated rings. The first-order valence-corrected chi connectivity index (χ1v) is 6.09. The molecule has 0 unspecified atom stereocenters. The van der Waals surface area contributed by atoms with Crippen molar-refractivity contribution in [2.45, 2.75) is 13.5 Å². The number of hydrogen-bond acceptors (Lipinski definition) is 1. The molecule has 1 aromatic carbocycles. The number of carboxylic acid groups (broad SMARTS) is 1. The number of aliphatic carboxylic acids is 1. The maximum Gasteiger partial charge on any atom is 0.370 e. The minimum atomic E-state index is -0.840. The van der Waals surface area contributed by atoms with Gasteiger partial charge in [-0.05, 0) is 18.1 Å². The van der Waals surface area contributed by atoms with E-state index in [-0.39, 0.29) is 6.54 Å². The first-order valence-electron chi connectivity index (χ1n) is 6.09. The summed E-state index contributed by atoms with van der Waals surface area (Å²) < 4.78 is 1.63. The summed E-state index contributed by atoms with van der Waals surface area (Å²) >= 11 is 0. The molecule has 0 aliphatic carbocycles. The summed E-state index contributed by atoms with van der Waals surface area (Å²) in [5.41, 5.74) is 3.43. The Kier molecular flexibility index (Phi) is 4.08. The summed E-state index contributed by atoms with van der Waals surface area (Å²) in [6, 6.07) is 12.1. The number of nitrogens with zero attached hydrogens (tertiary/aromatic N) is 1. The molecule has 0 spiro atoms. The number of carbonyl (C=O) groups is 1. The maximum atomic E-state index is 10.6. The predicted molar refractivity (Wildman–Crippen MR) is 74.4 cm³/mol. The third-order valence-electron chi connectivity index (χ3n) is 2.78. The molecule has 1 heterocycles. The predicted octanol–water partition coefficient (Wildman–Crippen LogP) is 2.54. The maximum absolute atomic E-state index is 10.6. The molecule has 0 aliphatic rings. The molecule has 96 valence electrons. The second kappa shape index (κ2) is 5.96. The van der Waals surface area contributed by atoms with Crippen molar-refractivity contribution in [2.75, 3.05) is 0 Å². The van der Waals surface area contributed by atoms with Crippen LogP contribution in [0.1, 0.15) is 16.7 Å². The van der Waals surface area contributed by atoms with Gasteiger partial charge in [0.05, 0.1) is 0 Å². The Balaban J connectivity index is 2.06. The van der Waals surface area contributed by atoms with Crippen molar-refractivity contribution >= 4 is 18.1 Å². The molecule has 1 N–H and O–H groups in total. The average molecular weight is 254 g/mol. The molecule has 2 rings (SSSR count). The standard InChI is InChI=1S/C16H15NO2/c1-13-2-4-14(5-3-13)6-7-15-8-10-17(11-9-15)12-16(18)19/h2-11H,12H2,1H3/p+1/b7-6-. The van der Waals surface area contributed by atoms with Crippen LogP contribution in [-0.2, 0) is 11.3 Å². The molecule has 0 saturated carbocycles. The van der Waals surface area contributed by atoms with Crippen molar-refractivity contribution in [2.24, 2.45) is 0 Å². The number of aromatic nitrogens is 1. The Morgan fingerprint density at radius 2 is 1.58 bits per heavy atom. The molecule has 0 radical (unpaired) electrons. The molecule has 0 saturated heterocycles. The Labute approximate surface area is 112 Å². The second-order valence-electron chi connectivity index (χ2n) is 4.44. The van der Waals surface area contributed by atoms with Crippen LogP contribution < -0.4 is 4.57 Å². The van der Waals surface area contributed by atoms with E-state index in [2.05, 4.69) is 31.2 Å². The molecule has 0 atom stereocenters. The fraction of sp³-hybridized carbons (Fsp3) is 0.125. The second-order valence-corrected chi connectivity index (χ2v) is 4.44. The van der Waals surface area contributed by atoms with E-state index in [1.165, 1.54) is 5.56 Å². The lowest BCUT2D eigenvalue weighted by Crippen LogP contribution is -2.36. The Hall–Kier alpha value is -2.42. The highest BCUT2D eigenvalue weighted by Crippen LogP contribution is 2.08. The lowest BCUT2D eigenvalue weighted by molar-refractivity contribution is -0.685. The number of hydrogen-bond donors (Lipinski definition) is 1. The topological polar surface area (TPSA) is 41.2 Å². The Bertz CT molecular complexity index is 583. The van der Waals surface area contributed by atoms with Gasteiger partial charge in [0.1, 0.15) is 0 Å². The third-order valence-corrected chi connectivity index (χ3v) is 2.78. The number of aryl methyl sites for hydroxylation is 1. The van der Waals surface area contributed by atoms with E-state index in [0.29, 0.717) is 0 Å². The molecule has 0 aliphatic heterocycles. The summed E-state index contributed by atoms with van der Waals surface area (Å²) in [5.74, 6) is -0.840. The van der Waals surface area contributed by atoms with Gasteiger partial charge in [0, 0.05) is 12.1 Å². The summed E-state index contributed by atoms with van der Waals surface area (Å²) in [5, 5.41) is 8.68. The Morgan fingerprint density at radius 3 is 2.11 bits per heavy atom. The van der Waals surface area contributed by atoms with Gasteiger partial charge in [-0.25, -0.2) is 4.79 Å². The van der Waals surface area contributed by atoms with E-state index >= 15 is 0 Å². The summed E-state index contributed by atoms with van der Waals surface area (Å²) in [4.78, 5) is 10.6. The molecule has 3 heteroatoms. The molecule has 3 nitrogen and oxygen atoms in total. The molecule has 2 aromatic rings. The highest BCUT2D eigenvalue weighted by Gasteiger charge is 2.05. The number of rotatable bonds is 4. The van der Waals surface area contributed by atoms with Crippen molar-refractivity contribution < 1.29 is 14.5 Å². The van der Waals surface area contributed by atoms with E-state index < -0.39 is 5.97 Å². The van der Waals surface area contributed by atoms with Gasteiger partial charge < -0.3 is 5.11 Å². The zero-order valence-corrected chi connectivity index (χ0v) is 10.8. The SMILES string of the molecule is Cc1ccc(/C=C\c2cc[n+](CC(=O)O)cc2)cc1. The van der Waals surface area contributed by atoms with Crippen LogP contribution in [-0.4, -0.2) is 11.1 Å². The minimum Gasteiger partial charge on any atom is -0.477 e. The van der Waals surface area contributed by atoms with E-state index in [0.717, 1.165) is 11.1 Å². The first kappa shape index (κ1) is 13.0. The van der Waals surface area contributed by atoms with Crippen LogP contribution in [0.3, 0.4) is 0 Å². The highest BCUT2D eigenvalue weighted by molar-refractivity contribution is 5.69. The van der Waals surface area contributed by atoms with Crippen LogP contribution in [0.25, 0.3) is 12.2 Å². The van der Waals surface area contributed by atoms with Crippen molar-refractivity contribution in [3.8, 4) is 0 Å². The van der Waals surface area contributed by atoms with E-state index in [4.69, 9.17) is 5.11 Å². The van der Waals surface area contributed by atoms with Crippen molar-refractivity contribution in [3.05, 3.63) is 65.5 Å². The molecule has 1 aromatic heterocycles. The molecular weight excluding hydrogens is 238 g/mol. The van der Waals surface area contributed by atoms with Gasteiger partial charge >= 0.3 is 5.97 Å². The highest BCUT2D eigenvalue weighted by atomic mass is 16.4. The quantitative estimate of drug-likeness (QED) is 0.852. The van der Waals surface area contributed by atoms with Gasteiger partial charge in [-0.3, -0.25) is 0 Å². The minimum absolute atomic E-state index is 0.0119. The largest absolute Gasteiger partial charge is 0.477 e. The molecule has 0 bridgehead atoms. The molecular formula is C16H16NO2+. The zero-order valence-electron chi connectivity index (χ0n) is 10.8. The third kappa shape index (κ3) is 4.07. The smallest absolute Gasteiger partial charge is 0.370 e. The van der Waals surface area contributed by atoms with E-state index in [1.807, 2.05) is 24.3 Å². The van der Waals surface area contributed by atoms with Crippen LogP contribution in [0.15, 0.2) is 48.8 Å². The number of carboxylic acids is 1. The van der Waals surface area contributed by atoms with Crippen LogP contribution in [0.4, 0.5) is 0 Å². The summed E-state index contributed by atoms with van der Waals surface area (Å²) in [7, 11) is 0. The number of pyridine rings is 1. The lowest BCUT2D eigenvalue weighted by atomic mass is 10.1. The Morgan fingerprint density at radius 1 is 1.05 bits per heavy atom. The fourth-order valence-corrected chi connectivity index (χ4v) is 1.71. The first-order chi connectivity index (χ1) is 9.13. The van der Waals surface area contributed by atoms with Gasteiger partial charge in [0.15, 0.2) is 12.4 Å². The van der Waals surface area contributed by atoms with Crippen LogP contribution >= 0.6 is 0 Å². The fourth-order valence-electron chi connectivity index (χ4n) is 1.71. The van der Waals surface area contributed by atoms with Gasteiger partial charge in [-0.1, -0.05) is 42.0 Å². The van der Waals surface area contributed by atoms with Crippen molar-refractivity contribution in [3.63, 3.8) is 0 Å². The summed E-state index contributed by atoms with van der Waals surface area (Å²) in [6.07, 6.45) is 7.58. The van der Waals surface area contributed by atoms with Crippen LogP contribution in [0, 0.1) is 6.92 Å². The lowest BCUT2D eigenvalue weighted by Gasteiger charge is -1.96. The monoisotopic (exact) mass is 254 g/mol. The molecule has 19 heavy (non-hydrogen) atoms. The van der Waals surface area contributed by atoms with Gasteiger partial charge in [0.25, 0.3) is 0 Å². The van der Waals surface area contributed by atoms with Crippen molar-refractivity contribution in [1.29, 1.82) is 0 Å². The van der Waals surface area contributed by atoms with E-state index in [1.54, 1.807) is 17.0 Å². The summed E-state index contributed by atoms with van der Waals surface area (Å²) in [6.45, 7) is 2.05. The van der Waals surface area contributed by atoms with Gasteiger partial charge in [-0.2, -0.15) is 4.57 Å². The van der Waals surface area contributed by atoms with Crippen LogP contribution in [0.5, 0.6) is 0 Å². The average Bonchev–Trinajstić information content (AvgIpc) is 2.39.